The van der Waals surface area contributed by atoms with Crippen LogP contribution in [0.1, 0.15) is 44.7 Å². The van der Waals surface area contributed by atoms with Gasteiger partial charge in [0.05, 0.1) is 20.1 Å². The largest absolute Gasteiger partial charge is 0.496 e. The first-order valence-electron chi connectivity index (χ1n) is 8.46. The molecule has 1 N–H and O–H groups in total. The van der Waals surface area contributed by atoms with Crippen LogP contribution < -0.4 is 9.47 Å². The fourth-order valence-corrected chi connectivity index (χ4v) is 3.31. The maximum atomic E-state index is 11.3. The van der Waals surface area contributed by atoms with Crippen LogP contribution in [0.2, 0.25) is 0 Å². The summed E-state index contributed by atoms with van der Waals surface area (Å²) in [7, 11) is 3.36. The Kier molecular flexibility index (Phi) is 5.75. The van der Waals surface area contributed by atoms with Crippen molar-refractivity contribution in [1.29, 1.82) is 0 Å². The van der Waals surface area contributed by atoms with E-state index >= 15 is 0 Å². The van der Waals surface area contributed by atoms with Crippen molar-refractivity contribution < 1.29 is 19.4 Å². The van der Waals surface area contributed by atoms with Crippen molar-refractivity contribution in [3.05, 3.63) is 23.3 Å². The molecular formula is C19H29NO4. The van der Waals surface area contributed by atoms with Gasteiger partial charge in [-0.3, -0.25) is 9.69 Å². The summed E-state index contributed by atoms with van der Waals surface area (Å²) in [6.07, 6.45) is 1.67. The fraction of sp³-hybridized carbons (Fsp3) is 0.632. The van der Waals surface area contributed by atoms with E-state index in [1.165, 1.54) is 0 Å². The Balaban J connectivity index is 2.28. The first-order chi connectivity index (χ1) is 11.3. The van der Waals surface area contributed by atoms with E-state index in [2.05, 4.69) is 25.7 Å². The average Bonchev–Trinajstić information content (AvgIpc) is 2.53. The Morgan fingerprint density at radius 1 is 1.25 bits per heavy atom. The molecule has 1 aliphatic rings. The number of hydrogen-bond acceptors (Lipinski definition) is 4. The Morgan fingerprint density at radius 2 is 1.92 bits per heavy atom. The van der Waals surface area contributed by atoms with E-state index in [-0.39, 0.29) is 11.3 Å². The average molecular weight is 335 g/mol. The molecule has 1 saturated heterocycles. The summed E-state index contributed by atoms with van der Waals surface area (Å²) < 4.78 is 11.2. The Hall–Kier alpha value is -1.75. The predicted molar refractivity (Wildman–Crippen MR) is 93.9 cm³/mol. The van der Waals surface area contributed by atoms with Gasteiger partial charge in [-0.2, -0.15) is 0 Å². The van der Waals surface area contributed by atoms with Crippen molar-refractivity contribution in [2.45, 2.75) is 45.6 Å². The minimum atomic E-state index is -0.702. The van der Waals surface area contributed by atoms with Gasteiger partial charge < -0.3 is 14.6 Å². The lowest BCUT2D eigenvalue weighted by Gasteiger charge is -2.31. The van der Waals surface area contributed by atoms with Crippen molar-refractivity contribution in [1.82, 2.24) is 4.90 Å². The Morgan fingerprint density at radius 3 is 2.46 bits per heavy atom. The highest BCUT2D eigenvalue weighted by Gasteiger charge is 2.27. The Bertz CT molecular complexity index is 592. The van der Waals surface area contributed by atoms with Crippen molar-refractivity contribution in [3.8, 4) is 11.5 Å². The summed E-state index contributed by atoms with van der Waals surface area (Å²) in [4.78, 5) is 13.5. The zero-order chi connectivity index (χ0) is 17.9. The summed E-state index contributed by atoms with van der Waals surface area (Å²) >= 11 is 0. The highest BCUT2D eigenvalue weighted by molar-refractivity contribution is 5.70. The van der Waals surface area contributed by atoms with Gasteiger partial charge in [0, 0.05) is 24.2 Å². The molecule has 0 spiro atoms. The Labute approximate surface area is 144 Å². The molecule has 24 heavy (non-hydrogen) atoms. The van der Waals surface area contributed by atoms with E-state index in [0.29, 0.717) is 13.1 Å². The first kappa shape index (κ1) is 18.6. The number of carboxylic acids is 1. The number of carbonyl (C=O) groups is 1. The summed E-state index contributed by atoms with van der Waals surface area (Å²) in [6.45, 7) is 8.61. The van der Waals surface area contributed by atoms with E-state index in [1.54, 1.807) is 14.2 Å². The topological polar surface area (TPSA) is 59.0 Å². The second-order valence-electron chi connectivity index (χ2n) is 7.53. The van der Waals surface area contributed by atoms with E-state index in [9.17, 15) is 9.90 Å². The molecule has 1 fully saturated rings. The zero-order valence-corrected chi connectivity index (χ0v) is 15.4. The van der Waals surface area contributed by atoms with Gasteiger partial charge in [-0.05, 0) is 36.9 Å². The van der Waals surface area contributed by atoms with Crippen molar-refractivity contribution in [2.24, 2.45) is 5.92 Å². The van der Waals surface area contributed by atoms with Crippen LogP contribution >= 0.6 is 0 Å². The molecule has 2 rings (SSSR count). The highest BCUT2D eigenvalue weighted by atomic mass is 16.5. The van der Waals surface area contributed by atoms with Crippen molar-refractivity contribution in [3.63, 3.8) is 0 Å². The number of benzene rings is 1. The smallest absolute Gasteiger partial charge is 0.307 e. The van der Waals surface area contributed by atoms with Crippen LogP contribution in [0, 0.1) is 5.92 Å². The maximum absolute atomic E-state index is 11.3. The molecule has 1 heterocycles. The standard InChI is InChI=1S/C19H29NO4/c1-19(2,3)15-10-16(23-4)14(9-17(15)24-5)12-20-8-6-7-13(11-20)18(21)22/h9-10,13H,6-8,11-12H2,1-5H3,(H,21,22). The van der Waals surface area contributed by atoms with Gasteiger partial charge in [0.25, 0.3) is 0 Å². The molecule has 0 aliphatic carbocycles. The third-order valence-corrected chi connectivity index (χ3v) is 4.66. The van der Waals surface area contributed by atoms with Gasteiger partial charge in [-0.1, -0.05) is 20.8 Å². The third kappa shape index (κ3) is 4.20. The molecule has 1 aromatic rings. The minimum absolute atomic E-state index is 0.0450. The van der Waals surface area contributed by atoms with Gasteiger partial charge in [-0.15, -0.1) is 0 Å². The number of hydrogen-bond donors (Lipinski definition) is 1. The number of rotatable bonds is 5. The summed E-state index contributed by atoms with van der Waals surface area (Å²) in [6, 6.07) is 4.08. The predicted octanol–water partition coefficient (Wildman–Crippen LogP) is 3.30. The molecule has 0 amide bonds. The third-order valence-electron chi connectivity index (χ3n) is 4.66. The van der Waals surface area contributed by atoms with E-state index in [1.807, 2.05) is 12.1 Å². The summed E-state index contributed by atoms with van der Waals surface area (Å²) in [5.41, 5.74) is 2.09. The van der Waals surface area contributed by atoms with Gasteiger partial charge in [0.15, 0.2) is 0 Å². The van der Waals surface area contributed by atoms with Gasteiger partial charge in [0.2, 0.25) is 0 Å². The number of likely N-dealkylation sites (tertiary alicyclic amines) is 1. The lowest BCUT2D eigenvalue weighted by atomic mass is 9.85. The molecule has 1 aliphatic heterocycles. The highest BCUT2D eigenvalue weighted by Crippen LogP contribution is 2.37. The van der Waals surface area contributed by atoms with Crippen LogP contribution in [0.25, 0.3) is 0 Å². The first-order valence-corrected chi connectivity index (χ1v) is 8.46. The van der Waals surface area contributed by atoms with E-state index < -0.39 is 5.97 Å². The SMILES string of the molecule is COc1cc(C(C)(C)C)c(OC)cc1CN1CCCC(C(=O)O)C1. The molecule has 1 atom stereocenters. The minimum Gasteiger partial charge on any atom is -0.496 e. The van der Waals surface area contributed by atoms with Gasteiger partial charge in [0.1, 0.15) is 11.5 Å². The van der Waals surface area contributed by atoms with Crippen LogP contribution in [0.5, 0.6) is 11.5 Å². The molecule has 1 unspecified atom stereocenters. The second kappa shape index (κ2) is 7.43. The number of methoxy groups -OCH3 is 2. The van der Waals surface area contributed by atoms with Crippen LogP contribution in [0.15, 0.2) is 12.1 Å². The number of aliphatic carboxylic acids is 1. The quantitative estimate of drug-likeness (QED) is 0.895. The van der Waals surface area contributed by atoms with Crippen LogP contribution in [0.4, 0.5) is 0 Å². The van der Waals surface area contributed by atoms with Crippen molar-refractivity contribution >= 4 is 5.97 Å². The van der Waals surface area contributed by atoms with Gasteiger partial charge in [-0.25, -0.2) is 0 Å². The zero-order valence-electron chi connectivity index (χ0n) is 15.4. The fourth-order valence-electron chi connectivity index (χ4n) is 3.31. The molecule has 0 saturated carbocycles. The molecule has 0 bridgehead atoms. The van der Waals surface area contributed by atoms with Gasteiger partial charge >= 0.3 is 5.97 Å². The van der Waals surface area contributed by atoms with E-state index in [0.717, 1.165) is 42.0 Å². The van der Waals surface area contributed by atoms with E-state index in [4.69, 9.17) is 9.47 Å². The number of ether oxygens (including phenoxy) is 2. The number of nitrogens with zero attached hydrogens (tertiary/aromatic N) is 1. The molecule has 0 aromatic heterocycles. The number of carboxylic acid groups (broad SMARTS) is 1. The monoisotopic (exact) mass is 335 g/mol. The molecule has 1 aromatic carbocycles. The summed E-state index contributed by atoms with van der Waals surface area (Å²) in [5, 5.41) is 9.26. The van der Waals surface area contributed by atoms with Crippen molar-refractivity contribution in [2.75, 3.05) is 27.3 Å². The number of piperidine rings is 1. The maximum Gasteiger partial charge on any atom is 0.307 e. The summed E-state index contributed by atoms with van der Waals surface area (Å²) in [5.74, 6) is 0.705. The molecule has 0 radical (unpaired) electrons. The lowest BCUT2D eigenvalue weighted by Crippen LogP contribution is -2.38. The second-order valence-corrected chi connectivity index (χ2v) is 7.53. The molecular weight excluding hydrogens is 306 g/mol. The van der Waals surface area contributed by atoms with Crippen LogP contribution in [0.3, 0.4) is 0 Å². The molecule has 5 heteroatoms. The lowest BCUT2D eigenvalue weighted by molar-refractivity contribution is -0.143. The molecule has 134 valence electrons. The molecule has 5 nitrogen and oxygen atoms in total. The normalized spacial score (nSPS) is 19.1. The van der Waals surface area contributed by atoms with Crippen LogP contribution in [-0.2, 0) is 16.8 Å². The van der Waals surface area contributed by atoms with Crippen LogP contribution in [-0.4, -0.2) is 43.3 Å².